The molecule has 88 valence electrons. The van der Waals surface area contributed by atoms with Crippen molar-refractivity contribution in [2.75, 3.05) is 5.32 Å². The van der Waals surface area contributed by atoms with E-state index in [1.165, 1.54) is 12.0 Å². The fourth-order valence-corrected chi connectivity index (χ4v) is 2.61. The predicted molar refractivity (Wildman–Crippen MR) is 70.8 cm³/mol. The first kappa shape index (κ1) is 11.9. The molecule has 3 heteroatoms. The van der Waals surface area contributed by atoms with Gasteiger partial charge in [-0.25, -0.2) is 0 Å². The molecule has 1 aliphatic carbocycles. The summed E-state index contributed by atoms with van der Waals surface area (Å²) >= 11 is 3.52. The molecule has 1 aliphatic rings. The van der Waals surface area contributed by atoms with Crippen molar-refractivity contribution in [3.63, 3.8) is 0 Å². The van der Waals surface area contributed by atoms with E-state index < -0.39 is 0 Å². The quantitative estimate of drug-likeness (QED) is 0.871. The highest BCUT2D eigenvalue weighted by molar-refractivity contribution is 9.10. The number of aliphatic hydroxyl groups excluding tert-OH is 1. The Kier molecular flexibility index (Phi) is 3.87. The van der Waals surface area contributed by atoms with E-state index in [4.69, 9.17) is 0 Å². The average molecular weight is 284 g/mol. The minimum atomic E-state index is -0.202. The third-order valence-corrected chi connectivity index (χ3v) is 4.20. The van der Waals surface area contributed by atoms with Crippen LogP contribution in [-0.4, -0.2) is 17.3 Å². The molecule has 2 unspecified atom stereocenters. The van der Waals surface area contributed by atoms with Gasteiger partial charge in [-0.2, -0.15) is 0 Å². The van der Waals surface area contributed by atoms with Gasteiger partial charge < -0.3 is 10.4 Å². The topological polar surface area (TPSA) is 32.3 Å². The number of aliphatic hydroxyl groups is 1. The van der Waals surface area contributed by atoms with Crippen molar-refractivity contribution in [2.45, 2.75) is 44.8 Å². The van der Waals surface area contributed by atoms with Gasteiger partial charge in [-0.05, 0) is 37.5 Å². The van der Waals surface area contributed by atoms with Crippen molar-refractivity contribution < 1.29 is 5.11 Å². The molecule has 2 rings (SSSR count). The van der Waals surface area contributed by atoms with Crippen LogP contribution in [0.25, 0.3) is 0 Å². The molecule has 0 bridgehead atoms. The van der Waals surface area contributed by atoms with Crippen LogP contribution < -0.4 is 5.32 Å². The summed E-state index contributed by atoms with van der Waals surface area (Å²) < 4.78 is 1.11. The Labute approximate surface area is 105 Å². The third-order valence-electron chi connectivity index (χ3n) is 3.34. The van der Waals surface area contributed by atoms with Crippen LogP contribution in [0, 0.1) is 6.92 Å². The lowest BCUT2D eigenvalue weighted by molar-refractivity contribution is 0.116. The zero-order valence-electron chi connectivity index (χ0n) is 9.54. The minimum absolute atomic E-state index is 0.202. The Morgan fingerprint density at radius 3 is 2.81 bits per heavy atom. The Morgan fingerprint density at radius 1 is 1.31 bits per heavy atom. The molecule has 1 fully saturated rings. The van der Waals surface area contributed by atoms with Gasteiger partial charge in [-0.3, -0.25) is 0 Å². The van der Waals surface area contributed by atoms with E-state index in [-0.39, 0.29) is 12.1 Å². The second-order valence-electron chi connectivity index (χ2n) is 4.52. The van der Waals surface area contributed by atoms with Gasteiger partial charge in [-0.1, -0.05) is 34.8 Å². The molecular weight excluding hydrogens is 266 g/mol. The van der Waals surface area contributed by atoms with Crippen LogP contribution in [0.5, 0.6) is 0 Å². The normalized spacial score (nSPS) is 25.4. The lowest BCUT2D eigenvalue weighted by Gasteiger charge is -2.29. The second-order valence-corrected chi connectivity index (χ2v) is 5.37. The Morgan fingerprint density at radius 2 is 2.06 bits per heavy atom. The van der Waals surface area contributed by atoms with Crippen LogP contribution in [-0.2, 0) is 0 Å². The number of hydrogen-bond acceptors (Lipinski definition) is 2. The molecular formula is C13H18BrNO. The van der Waals surface area contributed by atoms with Crippen LogP contribution in [0.2, 0.25) is 0 Å². The molecule has 0 aromatic heterocycles. The molecule has 1 saturated carbocycles. The van der Waals surface area contributed by atoms with E-state index in [1.54, 1.807) is 0 Å². The molecule has 0 amide bonds. The summed E-state index contributed by atoms with van der Waals surface area (Å²) in [6.45, 7) is 2.08. The van der Waals surface area contributed by atoms with Crippen molar-refractivity contribution in [3.8, 4) is 0 Å². The molecule has 1 aromatic rings. The predicted octanol–water partition coefficient (Wildman–Crippen LogP) is 3.47. The highest BCUT2D eigenvalue weighted by atomic mass is 79.9. The summed E-state index contributed by atoms with van der Waals surface area (Å²) in [7, 11) is 0. The Bertz CT molecular complexity index is 367. The molecule has 0 radical (unpaired) electrons. The fraction of sp³-hybridized carbons (Fsp3) is 0.538. The van der Waals surface area contributed by atoms with E-state index >= 15 is 0 Å². The second kappa shape index (κ2) is 5.19. The average Bonchev–Trinajstić information content (AvgIpc) is 2.28. The van der Waals surface area contributed by atoms with Gasteiger partial charge in [0.2, 0.25) is 0 Å². The van der Waals surface area contributed by atoms with E-state index in [2.05, 4.69) is 34.2 Å². The summed E-state index contributed by atoms with van der Waals surface area (Å²) in [6, 6.07) is 6.34. The minimum Gasteiger partial charge on any atom is -0.391 e. The van der Waals surface area contributed by atoms with Crippen molar-refractivity contribution in [3.05, 3.63) is 28.2 Å². The lowest BCUT2D eigenvalue weighted by atomic mass is 9.92. The van der Waals surface area contributed by atoms with Crippen LogP contribution in [0.15, 0.2) is 22.7 Å². The molecule has 0 spiro atoms. The highest BCUT2D eigenvalue weighted by Gasteiger charge is 2.23. The molecule has 0 saturated heterocycles. The van der Waals surface area contributed by atoms with Crippen molar-refractivity contribution in [1.29, 1.82) is 0 Å². The number of rotatable bonds is 2. The van der Waals surface area contributed by atoms with Crippen LogP contribution in [0.1, 0.15) is 31.2 Å². The maximum atomic E-state index is 9.92. The molecule has 2 nitrogen and oxygen atoms in total. The molecule has 1 aromatic carbocycles. The van der Waals surface area contributed by atoms with Crippen molar-refractivity contribution in [1.82, 2.24) is 0 Å². The first-order chi connectivity index (χ1) is 7.68. The van der Waals surface area contributed by atoms with Crippen LogP contribution in [0.3, 0.4) is 0 Å². The standard InChI is InChI=1S/C13H18BrNO/c1-9-10(14)5-4-7-11(9)15-12-6-2-3-8-13(12)16/h4-5,7,12-13,15-16H,2-3,6,8H2,1H3. The van der Waals surface area contributed by atoms with E-state index in [0.29, 0.717) is 0 Å². The van der Waals surface area contributed by atoms with Gasteiger partial charge in [0.1, 0.15) is 0 Å². The summed E-state index contributed by atoms with van der Waals surface area (Å²) in [6.07, 6.45) is 4.14. The lowest BCUT2D eigenvalue weighted by Crippen LogP contribution is -2.36. The van der Waals surface area contributed by atoms with E-state index in [9.17, 15) is 5.11 Å². The number of benzene rings is 1. The fourth-order valence-electron chi connectivity index (χ4n) is 2.24. The van der Waals surface area contributed by atoms with Gasteiger partial charge in [0.25, 0.3) is 0 Å². The maximum absolute atomic E-state index is 9.92. The maximum Gasteiger partial charge on any atom is 0.0741 e. The van der Waals surface area contributed by atoms with Gasteiger partial charge in [0, 0.05) is 10.2 Å². The molecule has 2 atom stereocenters. The highest BCUT2D eigenvalue weighted by Crippen LogP contribution is 2.27. The summed E-state index contributed by atoms with van der Waals surface area (Å²) in [5.74, 6) is 0. The van der Waals surface area contributed by atoms with Crippen molar-refractivity contribution >= 4 is 21.6 Å². The van der Waals surface area contributed by atoms with E-state index in [1.807, 2.05) is 12.1 Å². The number of nitrogens with one attached hydrogen (secondary N) is 1. The first-order valence-corrected chi connectivity index (χ1v) is 6.67. The van der Waals surface area contributed by atoms with E-state index in [0.717, 1.165) is 29.4 Å². The first-order valence-electron chi connectivity index (χ1n) is 5.88. The molecule has 2 N–H and O–H groups in total. The summed E-state index contributed by atoms with van der Waals surface area (Å²) in [5.41, 5.74) is 2.33. The molecule has 0 aliphatic heterocycles. The summed E-state index contributed by atoms with van der Waals surface area (Å²) in [5, 5.41) is 13.4. The summed E-state index contributed by atoms with van der Waals surface area (Å²) in [4.78, 5) is 0. The monoisotopic (exact) mass is 283 g/mol. The molecule has 16 heavy (non-hydrogen) atoms. The largest absolute Gasteiger partial charge is 0.391 e. The number of halogens is 1. The zero-order valence-corrected chi connectivity index (χ0v) is 11.1. The van der Waals surface area contributed by atoms with Gasteiger partial charge in [0.15, 0.2) is 0 Å². The van der Waals surface area contributed by atoms with Gasteiger partial charge >= 0.3 is 0 Å². The van der Waals surface area contributed by atoms with Gasteiger partial charge in [0.05, 0.1) is 12.1 Å². The van der Waals surface area contributed by atoms with Crippen molar-refractivity contribution in [2.24, 2.45) is 0 Å². The number of anilines is 1. The third kappa shape index (κ3) is 2.58. The van der Waals surface area contributed by atoms with Crippen LogP contribution >= 0.6 is 15.9 Å². The SMILES string of the molecule is Cc1c(Br)cccc1NC1CCCCC1O. The Balaban J connectivity index is 2.10. The van der Waals surface area contributed by atoms with Gasteiger partial charge in [-0.15, -0.1) is 0 Å². The Hall–Kier alpha value is -0.540. The number of hydrogen-bond donors (Lipinski definition) is 2. The van der Waals surface area contributed by atoms with Crippen LogP contribution in [0.4, 0.5) is 5.69 Å². The smallest absolute Gasteiger partial charge is 0.0741 e. The molecule has 0 heterocycles. The zero-order chi connectivity index (χ0) is 11.5.